The monoisotopic (exact) mass is 350 g/mol. The molecule has 1 aromatic carbocycles. The first kappa shape index (κ1) is 17.4. The van der Waals surface area contributed by atoms with Gasteiger partial charge in [0.05, 0.1) is 24.0 Å². The molecule has 1 saturated heterocycles. The summed E-state index contributed by atoms with van der Waals surface area (Å²) in [5.41, 5.74) is 1.74. The fraction of sp³-hybridized carbons (Fsp3) is 0.500. The summed E-state index contributed by atoms with van der Waals surface area (Å²) in [5, 5.41) is 10.8. The van der Waals surface area contributed by atoms with Crippen LogP contribution in [0.3, 0.4) is 0 Å². The molecule has 0 saturated carbocycles. The van der Waals surface area contributed by atoms with Gasteiger partial charge in [0.15, 0.2) is 0 Å². The Morgan fingerprint density at radius 3 is 2.92 bits per heavy atom. The van der Waals surface area contributed by atoms with E-state index in [2.05, 4.69) is 9.88 Å². The molecule has 1 N–H and O–H groups in total. The van der Waals surface area contributed by atoms with Crippen molar-refractivity contribution in [2.75, 3.05) is 13.1 Å². The number of oxazole rings is 1. The Bertz CT molecular complexity index is 701. The largest absolute Gasteiger partial charge is 0.441 e. The minimum atomic E-state index is -0.466. The van der Waals surface area contributed by atoms with Crippen LogP contribution in [0, 0.1) is 6.92 Å². The Hall–Kier alpha value is -1.40. The maximum atomic E-state index is 10.1. The van der Waals surface area contributed by atoms with Gasteiger partial charge < -0.3 is 14.3 Å². The quantitative estimate of drug-likeness (QED) is 0.896. The van der Waals surface area contributed by atoms with Crippen LogP contribution in [0.15, 0.2) is 28.7 Å². The van der Waals surface area contributed by atoms with Crippen molar-refractivity contribution in [3.05, 3.63) is 40.7 Å². The molecule has 5 nitrogen and oxygen atoms in total. The minimum Gasteiger partial charge on any atom is -0.441 e. The third-order valence-electron chi connectivity index (χ3n) is 4.10. The Kier molecular flexibility index (Phi) is 5.25. The smallest absolute Gasteiger partial charge is 0.226 e. The van der Waals surface area contributed by atoms with E-state index in [1.165, 1.54) is 0 Å². The van der Waals surface area contributed by atoms with E-state index in [1.54, 1.807) is 0 Å². The van der Waals surface area contributed by atoms with Crippen molar-refractivity contribution in [3.8, 4) is 11.5 Å². The lowest BCUT2D eigenvalue weighted by Gasteiger charge is -2.17. The highest BCUT2D eigenvalue weighted by Gasteiger charge is 2.33. The van der Waals surface area contributed by atoms with Gasteiger partial charge in [-0.15, -0.1) is 0 Å². The van der Waals surface area contributed by atoms with Crippen LogP contribution in [0.5, 0.6) is 0 Å². The number of halogens is 1. The highest BCUT2D eigenvalue weighted by molar-refractivity contribution is 6.30. The van der Waals surface area contributed by atoms with Gasteiger partial charge in [-0.2, -0.15) is 0 Å². The molecule has 1 aliphatic heterocycles. The van der Waals surface area contributed by atoms with Crippen molar-refractivity contribution < 1.29 is 14.3 Å². The van der Waals surface area contributed by atoms with Crippen LogP contribution in [-0.2, 0) is 11.3 Å². The van der Waals surface area contributed by atoms with Crippen LogP contribution in [0.1, 0.15) is 25.3 Å². The van der Waals surface area contributed by atoms with Crippen LogP contribution in [-0.4, -0.2) is 46.4 Å². The fourth-order valence-corrected chi connectivity index (χ4v) is 3.17. The normalized spacial score (nSPS) is 21.8. The first-order valence-corrected chi connectivity index (χ1v) is 8.58. The molecule has 0 unspecified atom stereocenters. The van der Waals surface area contributed by atoms with Gasteiger partial charge in [-0.25, -0.2) is 4.98 Å². The number of aliphatic hydroxyl groups excluding tert-OH is 1. The summed E-state index contributed by atoms with van der Waals surface area (Å²) < 4.78 is 11.6. The zero-order chi connectivity index (χ0) is 17.3. The van der Waals surface area contributed by atoms with Crippen molar-refractivity contribution >= 4 is 11.6 Å². The van der Waals surface area contributed by atoms with Crippen molar-refractivity contribution in [2.45, 2.75) is 45.6 Å². The summed E-state index contributed by atoms with van der Waals surface area (Å²) in [6, 6.07) is 7.46. The molecule has 2 atom stereocenters. The van der Waals surface area contributed by atoms with E-state index in [9.17, 15) is 5.11 Å². The van der Waals surface area contributed by atoms with Gasteiger partial charge in [-0.3, -0.25) is 4.90 Å². The summed E-state index contributed by atoms with van der Waals surface area (Å²) in [7, 11) is 0. The van der Waals surface area contributed by atoms with Crippen LogP contribution in [0.4, 0.5) is 0 Å². The van der Waals surface area contributed by atoms with Crippen molar-refractivity contribution in [1.29, 1.82) is 0 Å². The number of ether oxygens (including phenoxy) is 1. The molecule has 2 heterocycles. The number of rotatable bonds is 5. The van der Waals surface area contributed by atoms with Gasteiger partial charge in [0.25, 0.3) is 0 Å². The minimum absolute atomic E-state index is 0.104. The predicted molar refractivity (Wildman–Crippen MR) is 93.0 cm³/mol. The van der Waals surface area contributed by atoms with Gasteiger partial charge in [0, 0.05) is 30.2 Å². The van der Waals surface area contributed by atoms with Crippen LogP contribution in [0.25, 0.3) is 11.5 Å². The Morgan fingerprint density at radius 2 is 2.21 bits per heavy atom. The van der Waals surface area contributed by atoms with Gasteiger partial charge in [-0.1, -0.05) is 17.7 Å². The zero-order valence-electron chi connectivity index (χ0n) is 14.2. The summed E-state index contributed by atoms with van der Waals surface area (Å²) in [6.45, 7) is 7.77. The third kappa shape index (κ3) is 3.98. The van der Waals surface area contributed by atoms with E-state index in [0.29, 0.717) is 30.5 Å². The average molecular weight is 351 g/mol. The lowest BCUT2D eigenvalue weighted by molar-refractivity contribution is -0.0396. The number of aromatic nitrogens is 1. The molecule has 0 bridgehead atoms. The number of aryl methyl sites for hydroxylation is 1. The maximum Gasteiger partial charge on any atom is 0.226 e. The van der Waals surface area contributed by atoms with Gasteiger partial charge in [0.2, 0.25) is 5.89 Å². The molecule has 1 fully saturated rings. The van der Waals surface area contributed by atoms with E-state index >= 15 is 0 Å². The Balaban J connectivity index is 1.70. The summed E-state index contributed by atoms with van der Waals surface area (Å²) in [5.74, 6) is 1.35. The summed E-state index contributed by atoms with van der Waals surface area (Å²) in [4.78, 5) is 6.75. The number of nitrogens with zero attached hydrogens (tertiary/aromatic N) is 2. The van der Waals surface area contributed by atoms with E-state index in [4.69, 9.17) is 20.8 Å². The molecule has 1 aliphatic rings. The summed E-state index contributed by atoms with van der Waals surface area (Å²) in [6.07, 6.45) is -0.510. The highest BCUT2D eigenvalue weighted by atomic mass is 35.5. The topological polar surface area (TPSA) is 58.7 Å². The van der Waals surface area contributed by atoms with Crippen molar-refractivity contribution in [3.63, 3.8) is 0 Å². The first-order valence-electron chi connectivity index (χ1n) is 8.20. The van der Waals surface area contributed by atoms with E-state index in [0.717, 1.165) is 17.0 Å². The first-order chi connectivity index (χ1) is 11.4. The molecular formula is C18H23ClN2O3. The third-order valence-corrected chi connectivity index (χ3v) is 4.33. The van der Waals surface area contributed by atoms with Crippen LogP contribution < -0.4 is 0 Å². The van der Waals surface area contributed by atoms with E-state index in [-0.39, 0.29) is 12.2 Å². The maximum absolute atomic E-state index is 10.1. The molecule has 130 valence electrons. The van der Waals surface area contributed by atoms with Gasteiger partial charge in [-0.05, 0) is 39.0 Å². The molecule has 0 aliphatic carbocycles. The predicted octanol–water partition coefficient (Wildman–Crippen LogP) is 3.27. The Morgan fingerprint density at radius 1 is 1.42 bits per heavy atom. The number of β-amino-alcohol motifs (C(OH)–C–C–N with tert-alkyl or cyclic N) is 1. The number of likely N-dealkylation sites (tertiary alicyclic amines) is 1. The van der Waals surface area contributed by atoms with Crippen LogP contribution in [0.2, 0.25) is 5.02 Å². The second kappa shape index (κ2) is 7.23. The van der Waals surface area contributed by atoms with Crippen LogP contribution >= 0.6 is 11.6 Å². The van der Waals surface area contributed by atoms with E-state index < -0.39 is 6.10 Å². The number of hydrogen-bond donors (Lipinski definition) is 1. The molecular weight excluding hydrogens is 328 g/mol. The highest BCUT2D eigenvalue weighted by Crippen LogP contribution is 2.26. The number of hydrogen-bond acceptors (Lipinski definition) is 5. The standard InChI is InChI=1S/C18H23ClN2O3/c1-11(2)23-17-10-21(9-16(17)22)8-15-12(3)24-18(20-15)13-5-4-6-14(19)7-13/h4-7,11,16-17,22H,8-10H2,1-3H3/t16-,17-/m1/s1. The Labute approximate surface area is 147 Å². The number of aliphatic hydroxyl groups is 1. The average Bonchev–Trinajstić information content (AvgIpc) is 3.03. The molecule has 0 spiro atoms. The second-order valence-electron chi connectivity index (χ2n) is 6.52. The van der Waals surface area contributed by atoms with Gasteiger partial charge in [0.1, 0.15) is 5.76 Å². The molecule has 0 amide bonds. The lowest BCUT2D eigenvalue weighted by atomic mass is 10.2. The SMILES string of the molecule is Cc1oc(-c2cccc(Cl)c2)nc1CN1C[C@@H](O)[C@H](OC(C)C)C1. The molecule has 0 radical (unpaired) electrons. The van der Waals surface area contributed by atoms with E-state index in [1.807, 2.05) is 45.0 Å². The fourth-order valence-electron chi connectivity index (χ4n) is 2.98. The number of benzene rings is 1. The second-order valence-corrected chi connectivity index (χ2v) is 6.95. The lowest BCUT2D eigenvalue weighted by Crippen LogP contribution is -2.29. The zero-order valence-corrected chi connectivity index (χ0v) is 15.0. The van der Waals surface area contributed by atoms with Gasteiger partial charge >= 0.3 is 0 Å². The van der Waals surface area contributed by atoms with Crippen molar-refractivity contribution in [2.24, 2.45) is 0 Å². The molecule has 1 aromatic heterocycles. The summed E-state index contributed by atoms with van der Waals surface area (Å²) >= 11 is 6.03. The molecule has 2 aromatic rings. The van der Waals surface area contributed by atoms with Crippen molar-refractivity contribution in [1.82, 2.24) is 9.88 Å². The molecule has 24 heavy (non-hydrogen) atoms. The molecule has 6 heteroatoms. The molecule has 3 rings (SSSR count).